The maximum absolute atomic E-state index is 6.02. The number of aromatic nitrogens is 4. The van der Waals surface area contributed by atoms with Gasteiger partial charge >= 0.3 is 0 Å². The molecule has 0 aliphatic rings. The molecule has 0 fully saturated rings. The predicted molar refractivity (Wildman–Crippen MR) is 58.3 cm³/mol. The Morgan fingerprint density at radius 2 is 2.31 bits per heavy atom. The highest BCUT2D eigenvalue weighted by atomic mass is 16.5. The van der Waals surface area contributed by atoms with Gasteiger partial charge in [0.2, 0.25) is 11.7 Å². The van der Waals surface area contributed by atoms with Crippen molar-refractivity contribution in [3.05, 3.63) is 18.3 Å². The Kier molecular flexibility index (Phi) is 2.51. The fourth-order valence-electron chi connectivity index (χ4n) is 1.26. The molecule has 0 aliphatic heterocycles. The number of nitrogens with zero attached hydrogens (tertiary/aromatic N) is 4. The molecule has 0 aliphatic carbocycles. The Labute approximate surface area is 93.4 Å². The monoisotopic (exact) mass is 221 g/mol. The van der Waals surface area contributed by atoms with Crippen molar-refractivity contribution in [3.63, 3.8) is 0 Å². The molecule has 0 aromatic carbocycles. The normalized spacial score (nSPS) is 15.0. The van der Waals surface area contributed by atoms with Crippen LogP contribution >= 0.6 is 0 Å². The second-order valence-electron chi connectivity index (χ2n) is 4.10. The van der Waals surface area contributed by atoms with E-state index in [1.54, 1.807) is 10.9 Å². The summed E-state index contributed by atoms with van der Waals surface area (Å²) in [6.07, 6.45) is 4.25. The first-order valence-electron chi connectivity index (χ1n) is 5.15. The van der Waals surface area contributed by atoms with Gasteiger partial charge in [0.15, 0.2) is 0 Å². The van der Waals surface area contributed by atoms with Crippen LogP contribution in [-0.4, -0.2) is 19.9 Å². The van der Waals surface area contributed by atoms with Gasteiger partial charge in [-0.05, 0) is 13.3 Å². The van der Waals surface area contributed by atoms with Crippen LogP contribution in [0.2, 0.25) is 0 Å². The van der Waals surface area contributed by atoms with E-state index in [1.807, 2.05) is 27.1 Å². The molecule has 0 saturated heterocycles. The van der Waals surface area contributed by atoms with Crippen molar-refractivity contribution >= 4 is 0 Å². The average Bonchev–Trinajstić information content (AvgIpc) is 2.85. The predicted octanol–water partition coefficient (Wildman–Crippen LogP) is 1.05. The second kappa shape index (κ2) is 3.71. The van der Waals surface area contributed by atoms with Crippen LogP contribution in [0.5, 0.6) is 0 Å². The summed E-state index contributed by atoms with van der Waals surface area (Å²) >= 11 is 0. The molecule has 0 amide bonds. The molecule has 0 radical (unpaired) electrons. The molecule has 2 N–H and O–H groups in total. The summed E-state index contributed by atoms with van der Waals surface area (Å²) in [7, 11) is 1.84. The smallest absolute Gasteiger partial charge is 0.246 e. The first-order chi connectivity index (χ1) is 7.53. The van der Waals surface area contributed by atoms with Crippen LogP contribution in [0.1, 0.15) is 26.2 Å². The van der Waals surface area contributed by atoms with Crippen LogP contribution in [0.3, 0.4) is 0 Å². The van der Waals surface area contributed by atoms with Crippen molar-refractivity contribution in [2.75, 3.05) is 0 Å². The van der Waals surface area contributed by atoms with Gasteiger partial charge in [-0.25, -0.2) is 0 Å². The fraction of sp³-hybridized carbons (Fsp3) is 0.500. The SMILES string of the molecule is CCC(C)(N)c1nc(-c2cnn(C)c2)no1. The Morgan fingerprint density at radius 3 is 2.88 bits per heavy atom. The molecule has 0 bridgehead atoms. The Bertz CT molecular complexity index is 485. The van der Waals surface area contributed by atoms with Gasteiger partial charge in [0.25, 0.3) is 0 Å². The fourth-order valence-corrected chi connectivity index (χ4v) is 1.26. The Hall–Kier alpha value is -1.69. The largest absolute Gasteiger partial charge is 0.337 e. The highest BCUT2D eigenvalue weighted by Gasteiger charge is 2.26. The molecule has 1 unspecified atom stereocenters. The number of hydrogen-bond donors (Lipinski definition) is 1. The average molecular weight is 221 g/mol. The van der Waals surface area contributed by atoms with Gasteiger partial charge in [-0.15, -0.1) is 0 Å². The van der Waals surface area contributed by atoms with Gasteiger partial charge in [-0.2, -0.15) is 10.1 Å². The zero-order chi connectivity index (χ0) is 11.8. The van der Waals surface area contributed by atoms with Crippen LogP contribution < -0.4 is 5.73 Å². The number of rotatable bonds is 3. The van der Waals surface area contributed by atoms with Crippen LogP contribution in [0.25, 0.3) is 11.4 Å². The summed E-state index contributed by atoms with van der Waals surface area (Å²) in [5.41, 5.74) is 6.26. The zero-order valence-corrected chi connectivity index (χ0v) is 9.64. The molecule has 6 nitrogen and oxygen atoms in total. The van der Waals surface area contributed by atoms with Gasteiger partial charge in [0, 0.05) is 13.2 Å². The maximum atomic E-state index is 6.02. The molecule has 2 rings (SSSR count). The van der Waals surface area contributed by atoms with E-state index in [4.69, 9.17) is 10.3 Å². The van der Waals surface area contributed by atoms with Crippen molar-refractivity contribution in [2.45, 2.75) is 25.8 Å². The number of hydrogen-bond acceptors (Lipinski definition) is 5. The summed E-state index contributed by atoms with van der Waals surface area (Å²) in [6, 6.07) is 0. The minimum absolute atomic E-state index is 0.453. The number of aryl methyl sites for hydroxylation is 1. The van der Waals surface area contributed by atoms with E-state index in [-0.39, 0.29) is 0 Å². The number of nitrogens with two attached hydrogens (primary N) is 1. The van der Waals surface area contributed by atoms with Crippen molar-refractivity contribution in [3.8, 4) is 11.4 Å². The van der Waals surface area contributed by atoms with Crippen molar-refractivity contribution in [2.24, 2.45) is 12.8 Å². The van der Waals surface area contributed by atoms with E-state index in [9.17, 15) is 0 Å². The lowest BCUT2D eigenvalue weighted by Crippen LogP contribution is -2.32. The Morgan fingerprint density at radius 1 is 1.56 bits per heavy atom. The molecule has 6 heteroatoms. The lowest BCUT2D eigenvalue weighted by atomic mass is 10.0. The first-order valence-corrected chi connectivity index (χ1v) is 5.15. The van der Waals surface area contributed by atoms with E-state index in [2.05, 4.69) is 15.2 Å². The van der Waals surface area contributed by atoms with Crippen LogP contribution in [0.15, 0.2) is 16.9 Å². The van der Waals surface area contributed by atoms with Gasteiger partial charge in [0.1, 0.15) is 0 Å². The van der Waals surface area contributed by atoms with Crippen LogP contribution in [0, 0.1) is 0 Å². The lowest BCUT2D eigenvalue weighted by Gasteiger charge is -2.16. The minimum Gasteiger partial charge on any atom is -0.337 e. The van der Waals surface area contributed by atoms with Gasteiger partial charge in [-0.3, -0.25) is 4.68 Å². The standard InChI is InChI=1S/C10H15N5O/c1-4-10(2,11)9-13-8(14-16-9)7-5-12-15(3)6-7/h5-6H,4,11H2,1-3H3. The maximum Gasteiger partial charge on any atom is 0.246 e. The molecule has 2 aromatic rings. The van der Waals surface area contributed by atoms with E-state index in [0.29, 0.717) is 11.7 Å². The third-order valence-electron chi connectivity index (χ3n) is 2.61. The van der Waals surface area contributed by atoms with E-state index >= 15 is 0 Å². The summed E-state index contributed by atoms with van der Waals surface area (Å²) in [5, 5.41) is 7.94. The van der Waals surface area contributed by atoms with E-state index < -0.39 is 5.54 Å². The third-order valence-corrected chi connectivity index (χ3v) is 2.61. The van der Waals surface area contributed by atoms with Gasteiger partial charge in [-0.1, -0.05) is 12.1 Å². The highest BCUT2D eigenvalue weighted by Crippen LogP contribution is 2.22. The summed E-state index contributed by atoms with van der Waals surface area (Å²) < 4.78 is 6.85. The molecule has 1 atom stereocenters. The second-order valence-corrected chi connectivity index (χ2v) is 4.10. The summed E-state index contributed by atoms with van der Waals surface area (Å²) in [6.45, 7) is 3.85. The van der Waals surface area contributed by atoms with Crippen LogP contribution in [-0.2, 0) is 12.6 Å². The molecule has 0 saturated carbocycles. The molecule has 0 spiro atoms. The molecule has 16 heavy (non-hydrogen) atoms. The quantitative estimate of drug-likeness (QED) is 0.837. The van der Waals surface area contributed by atoms with E-state index in [1.165, 1.54) is 0 Å². The third kappa shape index (κ3) is 1.83. The van der Waals surface area contributed by atoms with Crippen LogP contribution in [0.4, 0.5) is 0 Å². The summed E-state index contributed by atoms with van der Waals surface area (Å²) in [5.74, 6) is 0.974. The molecule has 86 valence electrons. The van der Waals surface area contributed by atoms with Crippen molar-refractivity contribution in [1.29, 1.82) is 0 Å². The summed E-state index contributed by atoms with van der Waals surface area (Å²) in [4.78, 5) is 4.28. The first kappa shape index (κ1) is 10.8. The zero-order valence-electron chi connectivity index (χ0n) is 9.64. The molecular weight excluding hydrogens is 206 g/mol. The molecule has 2 heterocycles. The topological polar surface area (TPSA) is 82.8 Å². The minimum atomic E-state index is -0.576. The van der Waals surface area contributed by atoms with Gasteiger partial charge in [0.05, 0.1) is 17.3 Å². The molecular formula is C10H15N5O. The highest BCUT2D eigenvalue weighted by molar-refractivity contribution is 5.51. The van der Waals surface area contributed by atoms with Gasteiger partial charge < -0.3 is 10.3 Å². The Balaban J connectivity index is 2.33. The van der Waals surface area contributed by atoms with Crippen molar-refractivity contribution in [1.82, 2.24) is 19.9 Å². The lowest BCUT2D eigenvalue weighted by molar-refractivity contribution is 0.291. The molecule has 2 aromatic heterocycles. The van der Waals surface area contributed by atoms with Crippen molar-refractivity contribution < 1.29 is 4.52 Å². The van der Waals surface area contributed by atoms with E-state index in [0.717, 1.165) is 12.0 Å².